The number of anilines is 1. The van der Waals surface area contributed by atoms with Crippen molar-refractivity contribution in [1.29, 1.82) is 0 Å². The lowest BCUT2D eigenvalue weighted by Gasteiger charge is -2.24. The molecule has 0 spiro atoms. The normalized spacial score (nSPS) is 11.7. The monoisotopic (exact) mass is 547 g/mol. The van der Waals surface area contributed by atoms with Crippen molar-refractivity contribution >= 4 is 45.6 Å². The SMILES string of the molecule is COCCOCOc1ccc2nc(-c3ccc(/C=C/c4ccc(N(C)C(=O)OC(C)(C)C)nc4)cc3)sc2c1. The fraction of sp³-hybridized carbons (Fsp3) is 0.300. The highest BCUT2D eigenvalue weighted by Crippen LogP contribution is 2.32. The van der Waals surface area contributed by atoms with Gasteiger partial charge in [-0.25, -0.2) is 14.8 Å². The Balaban J connectivity index is 1.36. The molecule has 9 heteroatoms. The molecule has 0 aliphatic rings. The summed E-state index contributed by atoms with van der Waals surface area (Å²) in [6, 6.07) is 17.8. The quantitative estimate of drug-likeness (QED) is 0.158. The summed E-state index contributed by atoms with van der Waals surface area (Å²) in [7, 11) is 3.28. The average Bonchev–Trinajstić information content (AvgIpc) is 3.34. The third-order valence-electron chi connectivity index (χ3n) is 5.51. The van der Waals surface area contributed by atoms with Crippen molar-refractivity contribution in [2.75, 3.05) is 39.1 Å². The minimum atomic E-state index is -0.561. The number of thiazole rings is 1. The lowest BCUT2D eigenvalue weighted by Crippen LogP contribution is -2.34. The highest BCUT2D eigenvalue weighted by atomic mass is 32.1. The number of nitrogens with zero attached hydrogens (tertiary/aromatic N) is 3. The van der Waals surface area contributed by atoms with Crippen molar-refractivity contribution in [2.45, 2.75) is 26.4 Å². The van der Waals surface area contributed by atoms with Crippen LogP contribution in [0.15, 0.2) is 60.8 Å². The van der Waals surface area contributed by atoms with Gasteiger partial charge in [0, 0.05) is 25.9 Å². The summed E-state index contributed by atoms with van der Waals surface area (Å²) in [5, 5.41) is 0.947. The van der Waals surface area contributed by atoms with Crippen molar-refractivity contribution in [1.82, 2.24) is 9.97 Å². The van der Waals surface area contributed by atoms with Crippen LogP contribution in [-0.4, -0.2) is 55.8 Å². The second kappa shape index (κ2) is 12.8. The van der Waals surface area contributed by atoms with E-state index in [9.17, 15) is 4.79 Å². The molecular formula is C30H33N3O5S. The van der Waals surface area contributed by atoms with Crippen LogP contribution in [0.5, 0.6) is 5.75 Å². The first-order valence-corrected chi connectivity index (χ1v) is 13.3. The highest BCUT2D eigenvalue weighted by Gasteiger charge is 2.21. The molecule has 2 aromatic carbocycles. The topological polar surface area (TPSA) is 83.0 Å². The predicted molar refractivity (Wildman–Crippen MR) is 156 cm³/mol. The van der Waals surface area contributed by atoms with Crippen molar-refractivity contribution in [2.24, 2.45) is 0 Å². The molecule has 0 saturated carbocycles. The summed E-state index contributed by atoms with van der Waals surface area (Å²) < 4.78 is 22.4. The van der Waals surface area contributed by atoms with Crippen LogP contribution in [0.4, 0.5) is 10.6 Å². The largest absolute Gasteiger partial charge is 0.468 e. The van der Waals surface area contributed by atoms with E-state index in [4.69, 9.17) is 23.9 Å². The maximum Gasteiger partial charge on any atom is 0.415 e. The maximum atomic E-state index is 12.2. The summed E-state index contributed by atoms with van der Waals surface area (Å²) in [6.07, 6.45) is 5.29. The Hall–Kier alpha value is -3.79. The summed E-state index contributed by atoms with van der Waals surface area (Å²) in [5.74, 6) is 1.27. The number of pyridine rings is 1. The molecule has 0 atom stereocenters. The first kappa shape index (κ1) is 28.2. The van der Waals surface area contributed by atoms with E-state index in [-0.39, 0.29) is 6.79 Å². The van der Waals surface area contributed by atoms with Crippen LogP contribution in [0.2, 0.25) is 0 Å². The second-order valence-corrected chi connectivity index (χ2v) is 10.8. The van der Waals surface area contributed by atoms with Gasteiger partial charge in [-0.2, -0.15) is 0 Å². The molecule has 4 aromatic rings. The third kappa shape index (κ3) is 8.10. The zero-order valence-corrected chi connectivity index (χ0v) is 23.7. The highest BCUT2D eigenvalue weighted by molar-refractivity contribution is 7.21. The van der Waals surface area contributed by atoms with E-state index >= 15 is 0 Å². The van der Waals surface area contributed by atoms with E-state index in [1.54, 1.807) is 37.8 Å². The van der Waals surface area contributed by atoms with Gasteiger partial charge in [-0.3, -0.25) is 4.90 Å². The number of methoxy groups -OCH3 is 1. The fourth-order valence-corrected chi connectivity index (χ4v) is 4.48. The van der Waals surface area contributed by atoms with Crippen molar-refractivity contribution in [3.63, 3.8) is 0 Å². The Morgan fingerprint density at radius 3 is 2.44 bits per heavy atom. The first-order valence-electron chi connectivity index (χ1n) is 12.5. The Labute approximate surface area is 232 Å². The molecule has 0 fully saturated rings. The van der Waals surface area contributed by atoms with Crippen molar-refractivity contribution in [3.05, 3.63) is 71.9 Å². The molecule has 0 unspecified atom stereocenters. The lowest BCUT2D eigenvalue weighted by atomic mass is 10.1. The molecule has 8 nitrogen and oxygen atoms in total. The van der Waals surface area contributed by atoms with Gasteiger partial charge in [-0.1, -0.05) is 36.4 Å². The Bertz CT molecular complexity index is 1410. The number of hydrogen-bond acceptors (Lipinski definition) is 8. The van der Waals surface area contributed by atoms with Crippen LogP contribution in [-0.2, 0) is 14.2 Å². The van der Waals surface area contributed by atoms with Crippen LogP contribution in [0.1, 0.15) is 31.9 Å². The average molecular weight is 548 g/mol. The van der Waals surface area contributed by atoms with E-state index in [1.165, 1.54) is 4.90 Å². The van der Waals surface area contributed by atoms with Crippen LogP contribution < -0.4 is 9.64 Å². The Morgan fingerprint density at radius 2 is 1.74 bits per heavy atom. The number of carbonyl (C=O) groups is 1. The lowest BCUT2D eigenvalue weighted by molar-refractivity contribution is -0.00840. The van der Waals surface area contributed by atoms with Crippen LogP contribution in [0.25, 0.3) is 32.9 Å². The molecule has 0 N–H and O–H groups in total. The van der Waals surface area contributed by atoms with Gasteiger partial charge in [0.25, 0.3) is 0 Å². The van der Waals surface area contributed by atoms with Crippen molar-refractivity contribution in [3.8, 4) is 16.3 Å². The van der Waals surface area contributed by atoms with Gasteiger partial charge in [0.05, 0.1) is 23.4 Å². The van der Waals surface area contributed by atoms with E-state index in [0.29, 0.717) is 19.0 Å². The van der Waals surface area contributed by atoms with Gasteiger partial charge in [-0.15, -0.1) is 11.3 Å². The van der Waals surface area contributed by atoms with Crippen LogP contribution in [0, 0.1) is 0 Å². The Morgan fingerprint density at radius 1 is 1.00 bits per heavy atom. The van der Waals surface area contributed by atoms with E-state index < -0.39 is 11.7 Å². The number of amides is 1. The number of carbonyl (C=O) groups excluding carboxylic acids is 1. The van der Waals surface area contributed by atoms with Gasteiger partial charge < -0.3 is 18.9 Å². The smallest absolute Gasteiger partial charge is 0.415 e. The molecule has 0 radical (unpaired) electrons. The van der Waals surface area contributed by atoms with Gasteiger partial charge >= 0.3 is 6.09 Å². The van der Waals surface area contributed by atoms with Gasteiger partial charge in [0.2, 0.25) is 0 Å². The summed E-state index contributed by atoms with van der Waals surface area (Å²) >= 11 is 1.62. The minimum Gasteiger partial charge on any atom is -0.468 e. The van der Waals surface area contributed by atoms with Gasteiger partial charge in [-0.05, 0) is 62.2 Å². The number of hydrogen-bond donors (Lipinski definition) is 0. The number of aromatic nitrogens is 2. The first-order chi connectivity index (χ1) is 18.7. The minimum absolute atomic E-state index is 0.179. The molecule has 204 valence electrons. The zero-order valence-electron chi connectivity index (χ0n) is 22.8. The molecule has 0 aliphatic heterocycles. The van der Waals surface area contributed by atoms with Crippen molar-refractivity contribution < 1.29 is 23.7 Å². The molecule has 0 bridgehead atoms. The summed E-state index contributed by atoms with van der Waals surface area (Å²) in [6.45, 7) is 6.71. The molecule has 39 heavy (non-hydrogen) atoms. The zero-order chi connectivity index (χ0) is 27.8. The summed E-state index contributed by atoms with van der Waals surface area (Å²) in [4.78, 5) is 22.8. The summed E-state index contributed by atoms with van der Waals surface area (Å²) in [5.41, 5.74) is 3.40. The Kier molecular flexibility index (Phi) is 9.29. The molecule has 2 aromatic heterocycles. The number of rotatable bonds is 10. The molecule has 4 rings (SSSR count). The molecular weight excluding hydrogens is 514 g/mol. The molecule has 1 amide bonds. The van der Waals surface area contributed by atoms with E-state index in [1.807, 2.05) is 57.2 Å². The van der Waals surface area contributed by atoms with Gasteiger partial charge in [0.15, 0.2) is 6.79 Å². The number of benzene rings is 2. The number of fused-ring (bicyclic) bond motifs is 1. The van der Waals surface area contributed by atoms with E-state index in [2.05, 4.69) is 29.2 Å². The standard InChI is InChI=1S/C30H33N3O5S/c1-30(2,3)38-29(34)33(4)27-15-10-22(19-31-27)7-6-21-8-11-23(12-9-21)28-32-25-14-13-24(18-26(25)39-28)37-20-36-17-16-35-5/h6-15,18-19H,16-17,20H2,1-5H3/b7-6+. The molecule has 0 aliphatic carbocycles. The second-order valence-electron chi connectivity index (χ2n) is 9.76. The third-order valence-corrected chi connectivity index (χ3v) is 6.58. The molecule has 2 heterocycles. The molecule has 0 saturated heterocycles. The fourth-order valence-electron chi connectivity index (χ4n) is 3.48. The van der Waals surface area contributed by atoms with Gasteiger partial charge in [0.1, 0.15) is 22.2 Å². The number of ether oxygens (including phenoxy) is 4. The van der Waals surface area contributed by atoms with E-state index in [0.717, 1.165) is 37.7 Å². The predicted octanol–water partition coefficient (Wildman–Crippen LogP) is 6.90. The van der Waals surface area contributed by atoms with Crippen LogP contribution in [0.3, 0.4) is 0 Å². The maximum absolute atomic E-state index is 12.2. The van der Waals surface area contributed by atoms with Crippen LogP contribution >= 0.6 is 11.3 Å².